The summed E-state index contributed by atoms with van der Waals surface area (Å²) in [6.45, 7) is 2.10. The maximum Gasteiger partial charge on any atom is 0 e. The summed E-state index contributed by atoms with van der Waals surface area (Å²) in [5, 5.41) is 0. The van der Waals surface area contributed by atoms with Crippen molar-refractivity contribution in [1.82, 2.24) is 0 Å². The van der Waals surface area contributed by atoms with Crippen LogP contribution in [0.2, 0.25) is 0 Å². The zero-order chi connectivity index (χ0) is 4.28. The molecule has 0 aromatic rings. The van der Waals surface area contributed by atoms with Crippen LogP contribution in [0.5, 0.6) is 0 Å². The molecule has 0 heterocycles. The normalized spacial score (nSPS) is 12.3. The van der Waals surface area contributed by atoms with Gasteiger partial charge in [-0.15, -0.1) is 11.4 Å². The summed E-state index contributed by atoms with van der Waals surface area (Å²) < 4.78 is 0. The van der Waals surface area contributed by atoms with Crippen LogP contribution in [-0.2, 0) is 44.5 Å². The molecule has 35 valence electrons. The van der Waals surface area contributed by atoms with E-state index in [1.165, 1.54) is 0 Å². The van der Waals surface area contributed by atoms with Gasteiger partial charge in [0.2, 0.25) is 0 Å². The topological polar surface area (TPSA) is 0 Å². The SMILES string of the molecule is CS[PH](C)=S.[Y]. The van der Waals surface area contributed by atoms with Crippen molar-refractivity contribution in [1.29, 1.82) is 0 Å². The van der Waals surface area contributed by atoms with Crippen molar-refractivity contribution >= 4 is 29.1 Å². The molecule has 1 atom stereocenters. The van der Waals surface area contributed by atoms with E-state index in [2.05, 4.69) is 12.9 Å². The summed E-state index contributed by atoms with van der Waals surface area (Å²) in [6.07, 6.45) is 2.06. The fourth-order valence-electron chi connectivity index (χ4n) is 0. The Morgan fingerprint density at radius 1 is 1.67 bits per heavy atom. The average Bonchev–Trinajstić information content (AvgIpc) is 1.38. The fourth-order valence-corrected chi connectivity index (χ4v) is 0. The first-order valence-electron chi connectivity index (χ1n) is 1.32. The molecule has 0 aliphatic rings. The largest absolute Gasteiger partial charge is 0.131 e. The summed E-state index contributed by atoms with van der Waals surface area (Å²) >= 11 is 6.64. The third-order valence-corrected chi connectivity index (χ3v) is 4.09. The Hall–Kier alpha value is 2.10. The van der Waals surface area contributed by atoms with Crippen molar-refractivity contribution in [2.24, 2.45) is 0 Å². The van der Waals surface area contributed by atoms with Crippen molar-refractivity contribution in [3.8, 4) is 0 Å². The molecule has 6 heavy (non-hydrogen) atoms. The van der Waals surface area contributed by atoms with Crippen molar-refractivity contribution in [3.63, 3.8) is 0 Å². The quantitative estimate of drug-likeness (QED) is 0.609. The molecule has 0 fully saturated rings. The molecule has 0 bridgehead atoms. The molecule has 0 saturated heterocycles. The second-order valence-corrected chi connectivity index (χ2v) is 7.76. The van der Waals surface area contributed by atoms with Gasteiger partial charge in [0.1, 0.15) is 0 Å². The summed E-state index contributed by atoms with van der Waals surface area (Å²) in [6, 6.07) is 0. The number of rotatable bonds is 1. The molecule has 0 spiro atoms. The van der Waals surface area contributed by atoms with Crippen LogP contribution in [0.4, 0.5) is 0 Å². The van der Waals surface area contributed by atoms with Gasteiger partial charge in [-0.2, -0.15) is 0 Å². The molecule has 0 aliphatic heterocycles. The van der Waals surface area contributed by atoms with Crippen LogP contribution in [-0.4, -0.2) is 12.9 Å². The van der Waals surface area contributed by atoms with E-state index in [1.54, 1.807) is 11.4 Å². The van der Waals surface area contributed by atoms with Gasteiger partial charge >= 0.3 is 0 Å². The number of hydrogen-bond donors (Lipinski definition) is 0. The standard InChI is InChI=1S/C2H7PS2.Y/c1-3(4)5-2;/h3H,1-2H3;. The average molecular weight is 215 g/mol. The van der Waals surface area contributed by atoms with Gasteiger partial charge in [-0.25, -0.2) is 0 Å². The molecule has 0 amide bonds. The Bertz CT molecular complexity index is 46.8. The fraction of sp³-hybridized carbons (Fsp3) is 1.00. The van der Waals surface area contributed by atoms with Crippen LogP contribution in [0, 0.1) is 0 Å². The Labute approximate surface area is 73.9 Å². The Kier molecular flexibility index (Phi) is 13.0. The third-order valence-electron chi connectivity index (χ3n) is 0.287. The van der Waals surface area contributed by atoms with E-state index in [-0.39, 0.29) is 38.6 Å². The van der Waals surface area contributed by atoms with Crippen LogP contribution in [0.25, 0.3) is 0 Å². The minimum absolute atomic E-state index is 0. The maximum absolute atomic E-state index is 4.84. The van der Waals surface area contributed by atoms with E-state index in [0.29, 0.717) is 0 Å². The molecule has 1 radical (unpaired) electrons. The molecule has 4 heteroatoms. The minimum Gasteiger partial charge on any atom is -0.131 e. The van der Waals surface area contributed by atoms with Crippen molar-refractivity contribution in [2.75, 3.05) is 12.9 Å². The molecule has 0 rings (SSSR count). The van der Waals surface area contributed by atoms with Crippen LogP contribution in [0.15, 0.2) is 0 Å². The van der Waals surface area contributed by atoms with Crippen molar-refractivity contribution in [2.45, 2.75) is 0 Å². The number of hydrogen-bond acceptors (Lipinski definition) is 2. The molecule has 0 N–H and O–H groups in total. The summed E-state index contributed by atoms with van der Waals surface area (Å²) in [5.74, 6) is -0.374. The first-order chi connectivity index (χ1) is 2.27. The molecule has 0 nitrogen and oxygen atoms in total. The molecule has 1 unspecified atom stereocenters. The monoisotopic (exact) mass is 215 g/mol. The molecule has 0 aliphatic carbocycles. The van der Waals surface area contributed by atoms with E-state index in [0.717, 1.165) is 0 Å². The van der Waals surface area contributed by atoms with Crippen molar-refractivity contribution in [3.05, 3.63) is 0 Å². The predicted octanol–water partition coefficient (Wildman–Crippen LogP) is 1.57. The molecule has 0 aromatic carbocycles. The maximum atomic E-state index is 4.84. The zero-order valence-corrected chi connectivity index (χ0v) is 9.37. The van der Waals surface area contributed by atoms with Gasteiger partial charge < -0.3 is 0 Å². The van der Waals surface area contributed by atoms with Crippen LogP contribution in [0.1, 0.15) is 0 Å². The predicted molar refractivity (Wildman–Crippen MR) is 35.1 cm³/mol. The first-order valence-corrected chi connectivity index (χ1v) is 6.40. The van der Waals surface area contributed by atoms with Crippen molar-refractivity contribution < 1.29 is 32.7 Å². The van der Waals surface area contributed by atoms with Gasteiger partial charge in [0.15, 0.2) is 0 Å². The summed E-state index contributed by atoms with van der Waals surface area (Å²) in [7, 11) is 0. The van der Waals surface area contributed by atoms with Gasteiger partial charge in [0, 0.05) is 32.7 Å². The second kappa shape index (κ2) is 7.10. The van der Waals surface area contributed by atoms with Gasteiger partial charge in [0.25, 0.3) is 0 Å². The van der Waals surface area contributed by atoms with E-state index in [1.807, 2.05) is 0 Å². The smallest absolute Gasteiger partial charge is 0 e. The molecule has 0 saturated carbocycles. The van der Waals surface area contributed by atoms with Crippen LogP contribution >= 0.6 is 17.3 Å². The van der Waals surface area contributed by atoms with E-state index < -0.39 is 0 Å². The molecular formula is C2H7PS2Y. The zero-order valence-electron chi connectivity index (χ0n) is 3.89. The third kappa shape index (κ3) is 9.44. The summed E-state index contributed by atoms with van der Waals surface area (Å²) in [5.41, 5.74) is 0. The van der Waals surface area contributed by atoms with Gasteiger partial charge in [-0.3, -0.25) is 0 Å². The van der Waals surface area contributed by atoms with Gasteiger partial charge in [-0.05, 0) is 18.8 Å². The Morgan fingerprint density at radius 2 is 1.83 bits per heavy atom. The Balaban J connectivity index is 0. The minimum atomic E-state index is -0.374. The van der Waals surface area contributed by atoms with Gasteiger partial charge in [0.05, 0.1) is 0 Å². The first kappa shape index (κ1) is 11.0. The van der Waals surface area contributed by atoms with Gasteiger partial charge in [-0.1, -0.05) is 11.8 Å². The van der Waals surface area contributed by atoms with Crippen LogP contribution < -0.4 is 0 Å². The van der Waals surface area contributed by atoms with E-state index in [4.69, 9.17) is 11.8 Å². The summed E-state index contributed by atoms with van der Waals surface area (Å²) in [4.78, 5) is 0. The Morgan fingerprint density at radius 3 is 1.83 bits per heavy atom. The van der Waals surface area contributed by atoms with E-state index >= 15 is 0 Å². The molecular weight excluding hydrogens is 208 g/mol. The van der Waals surface area contributed by atoms with Crippen LogP contribution in [0.3, 0.4) is 0 Å². The molecule has 0 aromatic heterocycles. The van der Waals surface area contributed by atoms with E-state index in [9.17, 15) is 0 Å². The second-order valence-electron chi connectivity index (χ2n) is 0.696.